The van der Waals surface area contributed by atoms with Crippen LogP contribution in [0.5, 0.6) is 5.75 Å². The van der Waals surface area contributed by atoms with Crippen LogP contribution in [0, 0.1) is 6.92 Å². The van der Waals surface area contributed by atoms with Crippen LogP contribution in [0.4, 0.5) is 0 Å². The maximum atomic E-state index is 11.7. The number of methoxy groups -OCH3 is 1. The average Bonchev–Trinajstić information content (AvgIpc) is 3.10. The topological polar surface area (TPSA) is 104 Å². The molecule has 0 fully saturated rings. The van der Waals surface area contributed by atoms with E-state index in [1.54, 1.807) is 37.6 Å². The highest BCUT2D eigenvalue weighted by molar-refractivity contribution is 7.97. The first-order valence-corrected chi connectivity index (χ1v) is 10.4. The zero-order chi connectivity index (χ0) is 19.9. The van der Waals surface area contributed by atoms with Crippen LogP contribution in [-0.4, -0.2) is 38.1 Å². The SMILES string of the molecule is COc1ccc(-c2[nH]nc3ncc(-c4ccc([S+](C)(=O)[O-])cc4)nc23)c(C)c1. The fraction of sp³-hybridized carbons (Fsp3) is 0.150. The lowest BCUT2D eigenvalue weighted by Gasteiger charge is -2.09. The summed E-state index contributed by atoms with van der Waals surface area (Å²) < 4.78 is 28.6. The minimum atomic E-state index is -3.24. The monoisotopic (exact) mass is 394 g/mol. The van der Waals surface area contributed by atoms with Crippen LogP contribution in [0.25, 0.3) is 33.7 Å². The Balaban J connectivity index is 1.79. The van der Waals surface area contributed by atoms with E-state index in [2.05, 4.69) is 15.2 Å². The lowest BCUT2D eigenvalue weighted by atomic mass is 10.0. The number of H-pyrrole nitrogens is 1. The number of hydrogen-bond acceptors (Lipinski definition) is 6. The predicted molar refractivity (Wildman–Crippen MR) is 107 cm³/mol. The third kappa shape index (κ3) is 3.28. The molecule has 0 aliphatic carbocycles. The highest BCUT2D eigenvalue weighted by Gasteiger charge is 2.16. The summed E-state index contributed by atoms with van der Waals surface area (Å²) in [5.41, 5.74) is 5.34. The van der Waals surface area contributed by atoms with Crippen molar-refractivity contribution in [3.8, 4) is 28.3 Å². The largest absolute Gasteiger partial charge is 0.610 e. The number of ether oxygens (including phenoxy) is 1. The lowest BCUT2D eigenvalue weighted by Crippen LogP contribution is -2.06. The van der Waals surface area contributed by atoms with Gasteiger partial charge in [0.1, 0.15) is 17.5 Å². The molecular weight excluding hydrogens is 376 g/mol. The molecule has 0 saturated heterocycles. The van der Waals surface area contributed by atoms with Gasteiger partial charge in [0.15, 0.2) is 10.5 Å². The Hall–Kier alpha value is -3.10. The summed E-state index contributed by atoms with van der Waals surface area (Å²) in [6, 6.07) is 12.4. The molecule has 4 rings (SSSR count). The van der Waals surface area contributed by atoms with E-state index in [4.69, 9.17) is 9.72 Å². The van der Waals surface area contributed by atoms with Gasteiger partial charge in [-0.05, 0) is 55.0 Å². The van der Waals surface area contributed by atoms with E-state index in [1.165, 1.54) is 6.26 Å². The van der Waals surface area contributed by atoms with Crippen molar-refractivity contribution >= 4 is 21.4 Å². The standard InChI is InChI=1S/C20H18N4O3S/c1-12-10-14(27-2)6-9-16(12)18-19-20(24-23-18)21-11-17(22-19)13-4-7-15(8-5-13)28(3,25)26/h4-11H,1-3H3,(H-,21,23,24,25,26). The molecule has 2 aromatic heterocycles. The minimum Gasteiger partial charge on any atom is -0.610 e. The van der Waals surface area contributed by atoms with Gasteiger partial charge in [0, 0.05) is 11.1 Å². The Morgan fingerprint density at radius 3 is 2.54 bits per heavy atom. The summed E-state index contributed by atoms with van der Waals surface area (Å²) in [6.07, 6.45) is 2.81. The Labute approximate surface area is 163 Å². The first kappa shape index (κ1) is 18.3. The summed E-state index contributed by atoms with van der Waals surface area (Å²) in [4.78, 5) is 9.38. The fourth-order valence-corrected chi connectivity index (χ4v) is 3.67. The van der Waals surface area contributed by atoms with E-state index < -0.39 is 10.2 Å². The van der Waals surface area contributed by atoms with Gasteiger partial charge in [0.2, 0.25) is 0 Å². The number of fused-ring (bicyclic) bond motifs is 1. The number of sulfone groups is 1. The maximum Gasteiger partial charge on any atom is 0.200 e. The lowest BCUT2D eigenvalue weighted by molar-refractivity contribution is 0.414. The highest BCUT2D eigenvalue weighted by Crippen LogP contribution is 2.30. The van der Waals surface area contributed by atoms with Crippen molar-refractivity contribution in [3.63, 3.8) is 0 Å². The normalized spacial score (nSPS) is 13.4. The molecule has 4 aromatic rings. The quantitative estimate of drug-likeness (QED) is 0.530. The van der Waals surface area contributed by atoms with E-state index in [-0.39, 0.29) is 4.90 Å². The number of aryl methyl sites for hydroxylation is 1. The van der Waals surface area contributed by atoms with Crippen molar-refractivity contribution in [2.75, 3.05) is 13.4 Å². The second-order valence-electron chi connectivity index (χ2n) is 6.50. The van der Waals surface area contributed by atoms with Crippen molar-refractivity contribution in [2.24, 2.45) is 0 Å². The summed E-state index contributed by atoms with van der Waals surface area (Å²) in [5.74, 6) is 0.780. The second-order valence-corrected chi connectivity index (χ2v) is 8.52. The smallest absolute Gasteiger partial charge is 0.200 e. The minimum absolute atomic E-state index is 0.267. The molecule has 2 heterocycles. The summed E-state index contributed by atoms with van der Waals surface area (Å²) >= 11 is 0. The second kappa shape index (κ2) is 6.81. The van der Waals surface area contributed by atoms with Crippen LogP contribution in [0.3, 0.4) is 0 Å². The van der Waals surface area contributed by atoms with E-state index in [0.717, 1.165) is 28.1 Å². The molecule has 0 aliphatic rings. The van der Waals surface area contributed by atoms with Crippen molar-refractivity contribution < 1.29 is 13.5 Å². The molecule has 0 aliphatic heterocycles. The molecular formula is C20H18N4O3S. The summed E-state index contributed by atoms with van der Waals surface area (Å²) in [6.45, 7) is 1.99. The Morgan fingerprint density at radius 1 is 1.14 bits per heavy atom. The van der Waals surface area contributed by atoms with Crippen molar-refractivity contribution in [1.82, 2.24) is 20.2 Å². The van der Waals surface area contributed by atoms with E-state index in [0.29, 0.717) is 16.9 Å². The average molecular weight is 394 g/mol. The van der Waals surface area contributed by atoms with Crippen LogP contribution in [0.1, 0.15) is 5.56 Å². The van der Waals surface area contributed by atoms with E-state index in [9.17, 15) is 8.76 Å². The number of nitrogens with zero attached hydrogens (tertiary/aromatic N) is 3. The number of hydrogen-bond donors (Lipinski definition) is 1. The molecule has 0 radical (unpaired) electrons. The fourth-order valence-electron chi connectivity index (χ4n) is 3.04. The van der Waals surface area contributed by atoms with Crippen molar-refractivity contribution in [1.29, 1.82) is 0 Å². The molecule has 0 saturated carbocycles. The maximum absolute atomic E-state index is 11.7. The van der Waals surface area contributed by atoms with Crippen molar-refractivity contribution in [3.05, 3.63) is 54.2 Å². The van der Waals surface area contributed by atoms with Gasteiger partial charge in [-0.1, -0.05) is 0 Å². The highest BCUT2D eigenvalue weighted by atomic mass is 32.3. The van der Waals surface area contributed by atoms with Crippen LogP contribution in [-0.2, 0) is 14.4 Å². The van der Waals surface area contributed by atoms with Crippen LogP contribution in [0.15, 0.2) is 53.6 Å². The van der Waals surface area contributed by atoms with E-state index >= 15 is 0 Å². The van der Waals surface area contributed by atoms with Gasteiger partial charge in [0.05, 0.1) is 34.9 Å². The molecule has 28 heavy (non-hydrogen) atoms. The van der Waals surface area contributed by atoms with Gasteiger partial charge >= 0.3 is 0 Å². The summed E-state index contributed by atoms with van der Waals surface area (Å²) in [7, 11) is -1.61. The van der Waals surface area contributed by atoms with Crippen LogP contribution in [0.2, 0.25) is 0 Å². The van der Waals surface area contributed by atoms with Crippen LogP contribution < -0.4 is 4.74 Å². The number of benzene rings is 2. The molecule has 0 amide bonds. The third-order valence-corrected chi connectivity index (χ3v) is 5.67. The van der Waals surface area contributed by atoms with Gasteiger partial charge < -0.3 is 9.29 Å². The first-order valence-electron chi connectivity index (χ1n) is 8.53. The van der Waals surface area contributed by atoms with E-state index in [1.807, 2.05) is 25.1 Å². The number of nitrogens with one attached hydrogen (secondary N) is 1. The molecule has 2 aromatic carbocycles. The zero-order valence-corrected chi connectivity index (χ0v) is 16.4. The Bertz CT molecular complexity index is 1210. The van der Waals surface area contributed by atoms with Gasteiger partial charge in [-0.15, -0.1) is 4.21 Å². The Morgan fingerprint density at radius 2 is 1.89 bits per heavy atom. The molecule has 1 atom stereocenters. The predicted octanol–water partition coefficient (Wildman–Crippen LogP) is 3.62. The first-order chi connectivity index (χ1) is 13.4. The molecule has 7 nitrogen and oxygen atoms in total. The molecule has 1 unspecified atom stereocenters. The third-order valence-electron chi connectivity index (χ3n) is 4.54. The molecule has 0 bridgehead atoms. The summed E-state index contributed by atoms with van der Waals surface area (Å²) in [5, 5.41) is 7.27. The number of rotatable bonds is 4. The van der Waals surface area contributed by atoms with Crippen LogP contribution >= 0.6 is 0 Å². The van der Waals surface area contributed by atoms with Gasteiger partial charge in [-0.2, -0.15) is 5.10 Å². The van der Waals surface area contributed by atoms with Gasteiger partial charge in [0.25, 0.3) is 0 Å². The Kier molecular flexibility index (Phi) is 4.44. The zero-order valence-electron chi connectivity index (χ0n) is 15.6. The number of aromatic amines is 1. The molecule has 142 valence electrons. The molecule has 1 N–H and O–H groups in total. The molecule has 8 heteroatoms. The molecule has 0 spiro atoms. The van der Waals surface area contributed by atoms with Gasteiger partial charge in [-0.25, -0.2) is 9.97 Å². The van der Waals surface area contributed by atoms with Crippen molar-refractivity contribution in [2.45, 2.75) is 11.8 Å². The van der Waals surface area contributed by atoms with Gasteiger partial charge in [-0.3, -0.25) is 5.10 Å². The number of aromatic nitrogens is 4.